The van der Waals surface area contributed by atoms with E-state index in [4.69, 9.17) is 5.11 Å². The highest BCUT2D eigenvalue weighted by molar-refractivity contribution is 5.85. The predicted octanol–water partition coefficient (Wildman–Crippen LogP) is 3.83. The molecule has 17 heavy (non-hydrogen) atoms. The van der Waals surface area contributed by atoms with Crippen molar-refractivity contribution in [2.45, 2.75) is 38.0 Å². The van der Waals surface area contributed by atoms with Gasteiger partial charge in [-0.25, -0.2) is 4.79 Å². The van der Waals surface area contributed by atoms with Gasteiger partial charge in [-0.2, -0.15) is 0 Å². The number of benzene rings is 1. The van der Waals surface area contributed by atoms with E-state index in [-0.39, 0.29) is 0 Å². The molecule has 2 heteroatoms. The molecule has 1 N–H and O–H groups in total. The minimum absolute atomic E-state index is 0.610. The number of hydrogen-bond acceptors (Lipinski definition) is 1. The van der Waals surface area contributed by atoms with Crippen LogP contribution in [0.1, 0.15) is 49.1 Å². The van der Waals surface area contributed by atoms with Crippen molar-refractivity contribution >= 4 is 12.0 Å². The first-order valence-corrected chi connectivity index (χ1v) is 6.27. The molecule has 2 rings (SSSR count). The molecule has 2 nitrogen and oxygen atoms in total. The molecule has 0 unspecified atom stereocenters. The smallest absolute Gasteiger partial charge is 0.328 e. The van der Waals surface area contributed by atoms with E-state index in [1.807, 2.05) is 18.2 Å². The van der Waals surface area contributed by atoms with E-state index in [2.05, 4.69) is 6.07 Å². The van der Waals surface area contributed by atoms with E-state index in [9.17, 15) is 4.79 Å². The van der Waals surface area contributed by atoms with E-state index < -0.39 is 5.97 Å². The van der Waals surface area contributed by atoms with Gasteiger partial charge in [0.1, 0.15) is 0 Å². The molecule has 1 aromatic rings. The van der Waals surface area contributed by atoms with Gasteiger partial charge in [0.05, 0.1) is 0 Å². The zero-order chi connectivity index (χ0) is 12.1. The molecule has 1 aromatic carbocycles. The second kappa shape index (κ2) is 5.67. The van der Waals surface area contributed by atoms with E-state index in [0.29, 0.717) is 5.92 Å². The Morgan fingerprint density at radius 1 is 1.18 bits per heavy atom. The Morgan fingerprint density at radius 3 is 2.59 bits per heavy atom. The van der Waals surface area contributed by atoms with Gasteiger partial charge in [-0.15, -0.1) is 0 Å². The highest BCUT2D eigenvalue weighted by Crippen LogP contribution is 2.34. The van der Waals surface area contributed by atoms with Crippen LogP contribution in [0.25, 0.3) is 6.08 Å². The van der Waals surface area contributed by atoms with Crippen LogP contribution >= 0.6 is 0 Å². The van der Waals surface area contributed by atoms with E-state index in [0.717, 1.165) is 5.56 Å². The van der Waals surface area contributed by atoms with E-state index in [1.54, 1.807) is 6.08 Å². The Balaban J connectivity index is 2.23. The lowest BCUT2D eigenvalue weighted by molar-refractivity contribution is -0.131. The van der Waals surface area contributed by atoms with Crippen molar-refractivity contribution in [1.82, 2.24) is 0 Å². The maximum atomic E-state index is 10.6. The van der Waals surface area contributed by atoms with Gasteiger partial charge < -0.3 is 5.11 Å². The molecule has 0 amide bonds. The van der Waals surface area contributed by atoms with Gasteiger partial charge in [0.2, 0.25) is 0 Å². The zero-order valence-electron chi connectivity index (χ0n) is 9.93. The molecule has 0 spiro atoms. The highest BCUT2D eigenvalue weighted by Gasteiger charge is 2.17. The number of hydrogen-bond donors (Lipinski definition) is 1. The van der Waals surface area contributed by atoms with Crippen LogP contribution in [0.5, 0.6) is 0 Å². The van der Waals surface area contributed by atoms with Gasteiger partial charge in [-0.1, -0.05) is 43.5 Å². The first kappa shape index (κ1) is 11.9. The molecular weight excluding hydrogens is 212 g/mol. The summed E-state index contributed by atoms with van der Waals surface area (Å²) in [5.41, 5.74) is 2.37. The molecule has 1 aliphatic rings. The summed E-state index contributed by atoms with van der Waals surface area (Å²) < 4.78 is 0. The van der Waals surface area contributed by atoms with Gasteiger partial charge in [0, 0.05) is 6.08 Å². The molecule has 0 saturated heterocycles. The lowest BCUT2D eigenvalue weighted by Crippen LogP contribution is -2.06. The largest absolute Gasteiger partial charge is 0.478 e. The van der Waals surface area contributed by atoms with Crippen molar-refractivity contribution in [2.75, 3.05) is 0 Å². The van der Waals surface area contributed by atoms with Crippen LogP contribution in [-0.2, 0) is 4.79 Å². The van der Waals surface area contributed by atoms with Crippen molar-refractivity contribution in [2.24, 2.45) is 0 Å². The Morgan fingerprint density at radius 2 is 1.88 bits per heavy atom. The van der Waals surface area contributed by atoms with Crippen molar-refractivity contribution < 1.29 is 9.90 Å². The molecule has 1 saturated carbocycles. The average Bonchev–Trinajstić information content (AvgIpc) is 2.38. The van der Waals surface area contributed by atoms with Crippen LogP contribution in [0.15, 0.2) is 30.3 Å². The maximum absolute atomic E-state index is 10.6. The first-order chi connectivity index (χ1) is 8.27. The molecular formula is C15H18O2. The van der Waals surface area contributed by atoms with Gasteiger partial charge in [0.15, 0.2) is 0 Å². The normalized spacial score (nSPS) is 17.4. The van der Waals surface area contributed by atoms with Crippen LogP contribution in [0, 0.1) is 0 Å². The van der Waals surface area contributed by atoms with Crippen LogP contribution in [0.4, 0.5) is 0 Å². The number of carboxylic acid groups (broad SMARTS) is 1. The topological polar surface area (TPSA) is 37.3 Å². The minimum Gasteiger partial charge on any atom is -0.478 e. The Labute approximate surface area is 102 Å². The zero-order valence-corrected chi connectivity index (χ0v) is 9.93. The maximum Gasteiger partial charge on any atom is 0.328 e. The van der Waals surface area contributed by atoms with Crippen molar-refractivity contribution in [3.05, 3.63) is 41.5 Å². The molecule has 1 fully saturated rings. The standard InChI is InChI=1S/C15H18O2/c16-15(17)11-10-13-8-4-5-9-14(13)12-6-2-1-3-7-12/h4-5,8-12H,1-3,6-7H2,(H,16,17). The molecule has 90 valence electrons. The first-order valence-electron chi connectivity index (χ1n) is 6.27. The third-order valence-corrected chi connectivity index (χ3v) is 3.45. The fourth-order valence-electron chi connectivity index (χ4n) is 2.61. The molecule has 1 aliphatic carbocycles. The lowest BCUT2D eigenvalue weighted by Gasteiger charge is -2.23. The van der Waals surface area contributed by atoms with Crippen LogP contribution in [0.3, 0.4) is 0 Å². The summed E-state index contributed by atoms with van der Waals surface area (Å²) in [7, 11) is 0. The fourth-order valence-corrected chi connectivity index (χ4v) is 2.61. The minimum atomic E-state index is -0.886. The Hall–Kier alpha value is -1.57. The predicted molar refractivity (Wildman–Crippen MR) is 68.9 cm³/mol. The van der Waals surface area contributed by atoms with Crippen molar-refractivity contribution in [3.63, 3.8) is 0 Å². The summed E-state index contributed by atoms with van der Waals surface area (Å²) in [5.74, 6) is -0.276. The van der Waals surface area contributed by atoms with Crippen LogP contribution in [0.2, 0.25) is 0 Å². The molecule has 0 radical (unpaired) electrons. The molecule has 0 bridgehead atoms. The van der Waals surface area contributed by atoms with Crippen LogP contribution < -0.4 is 0 Å². The fraction of sp³-hybridized carbons (Fsp3) is 0.400. The summed E-state index contributed by atoms with van der Waals surface area (Å²) in [4.78, 5) is 10.6. The number of carbonyl (C=O) groups is 1. The summed E-state index contributed by atoms with van der Waals surface area (Å²) in [6, 6.07) is 8.15. The molecule has 0 aromatic heterocycles. The Bertz CT molecular complexity index is 415. The second-order valence-corrected chi connectivity index (χ2v) is 4.64. The monoisotopic (exact) mass is 230 g/mol. The number of aliphatic carboxylic acids is 1. The Kier molecular flexibility index (Phi) is 3.97. The summed E-state index contributed by atoms with van der Waals surface area (Å²) >= 11 is 0. The van der Waals surface area contributed by atoms with Crippen molar-refractivity contribution in [3.8, 4) is 0 Å². The molecule has 0 aliphatic heterocycles. The average molecular weight is 230 g/mol. The third kappa shape index (κ3) is 3.19. The highest BCUT2D eigenvalue weighted by atomic mass is 16.4. The SMILES string of the molecule is O=C(O)C=Cc1ccccc1C1CCCCC1. The number of rotatable bonds is 3. The lowest BCUT2D eigenvalue weighted by atomic mass is 9.82. The summed E-state index contributed by atoms with van der Waals surface area (Å²) in [6.07, 6.45) is 9.33. The van der Waals surface area contributed by atoms with Gasteiger partial charge >= 0.3 is 5.97 Å². The summed E-state index contributed by atoms with van der Waals surface area (Å²) in [6.45, 7) is 0. The van der Waals surface area contributed by atoms with Gasteiger partial charge in [0.25, 0.3) is 0 Å². The van der Waals surface area contributed by atoms with Crippen LogP contribution in [-0.4, -0.2) is 11.1 Å². The number of carboxylic acids is 1. The van der Waals surface area contributed by atoms with Crippen molar-refractivity contribution in [1.29, 1.82) is 0 Å². The summed E-state index contributed by atoms with van der Waals surface area (Å²) in [5, 5.41) is 8.69. The molecule has 0 atom stereocenters. The second-order valence-electron chi connectivity index (χ2n) is 4.64. The van der Waals surface area contributed by atoms with Gasteiger partial charge in [-0.05, 0) is 36.0 Å². The van der Waals surface area contributed by atoms with Gasteiger partial charge in [-0.3, -0.25) is 0 Å². The quantitative estimate of drug-likeness (QED) is 0.801. The molecule has 0 heterocycles. The van der Waals surface area contributed by atoms with E-state index >= 15 is 0 Å². The third-order valence-electron chi connectivity index (χ3n) is 3.45. The van der Waals surface area contributed by atoms with E-state index in [1.165, 1.54) is 43.7 Å².